The first-order valence-electron chi connectivity index (χ1n) is 12.7. The van der Waals surface area contributed by atoms with Gasteiger partial charge < -0.3 is 19.9 Å². The fourth-order valence-electron chi connectivity index (χ4n) is 5.10. The number of β-amino-alcohol motifs (C(OH)–C–C–N with tert-alkyl or cyclic N) is 1. The number of esters is 1. The van der Waals surface area contributed by atoms with E-state index in [2.05, 4.69) is 43.4 Å². The first-order chi connectivity index (χ1) is 16.7. The summed E-state index contributed by atoms with van der Waals surface area (Å²) in [4.78, 5) is 11.8. The Bertz CT molecular complexity index is 952. The molecule has 2 aromatic rings. The molecule has 0 spiro atoms. The molecule has 6 heteroatoms. The molecule has 192 valence electrons. The molecular formula is C29H40ClNO4. The molecular weight excluding hydrogens is 462 g/mol. The van der Waals surface area contributed by atoms with Crippen LogP contribution in [0.2, 0.25) is 5.02 Å². The van der Waals surface area contributed by atoms with Crippen molar-refractivity contribution in [2.75, 3.05) is 19.8 Å². The van der Waals surface area contributed by atoms with E-state index in [1.165, 1.54) is 11.1 Å². The molecule has 1 unspecified atom stereocenters. The van der Waals surface area contributed by atoms with Gasteiger partial charge in [-0.05, 0) is 82.1 Å². The molecule has 2 N–H and O–H groups in total. The van der Waals surface area contributed by atoms with Crippen LogP contribution in [-0.2, 0) is 33.5 Å². The minimum Gasteiger partial charge on any atom is -0.466 e. The van der Waals surface area contributed by atoms with Crippen LogP contribution in [0.4, 0.5) is 0 Å². The van der Waals surface area contributed by atoms with Crippen molar-refractivity contribution < 1.29 is 19.4 Å². The zero-order valence-electron chi connectivity index (χ0n) is 21.5. The third-order valence-corrected chi connectivity index (χ3v) is 7.07. The van der Waals surface area contributed by atoms with Gasteiger partial charge in [-0.2, -0.15) is 0 Å². The van der Waals surface area contributed by atoms with E-state index in [0.717, 1.165) is 30.4 Å². The molecule has 0 saturated heterocycles. The van der Waals surface area contributed by atoms with Crippen molar-refractivity contribution in [3.63, 3.8) is 0 Å². The van der Waals surface area contributed by atoms with Crippen LogP contribution in [0.25, 0.3) is 0 Å². The molecule has 0 amide bonds. The van der Waals surface area contributed by atoms with Gasteiger partial charge in [0, 0.05) is 29.1 Å². The lowest BCUT2D eigenvalue weighted by atomic mass is 9.88. The second kappa shape index (κ2) is 12.9. The number of carbonyl (C=O) groups excluding carboxylic acids is 1. The second-order valence-electron chi connectivity index (χ2n) is 10.3. The highest BCUT2D eigenvalue weighted by Crippen LogP contribution is 2.32. The molecule has 0 radical (unpaired) electrons. The van der Waals surface area contributed by atoms with Crippen molar-refractivity contribution in [1.82, 2.24) is 5.32 Å². The number of fused-ring (bicyclic) bond motifs is 1. The minimum absolute atomic E-state index is 0.0810. The second-order valence-corrected chi connectivity index (χ2v) is 10.7. The van der Waals surface area contributed by atoms with E-state index in [1.54, 1.807) is 6.92 Å². The van der Waals surface area contributed by atoms with Crippen LogP contribution < -0.4 is 5.32 Å². The number of rotatable bonds is 13. The largest absolute Gasteiger partial charge is 0.466 e. The average molecular weight is 502 g/mol. The lowest BCUT2D eigenvalue weighted by molar-refractivity contribution is -0.143. The van der Waals surface area contributed by atoms with E-state index in [9.17, 15) is 9.90 Å². The first-order valence-corrected chi connectivity index (χ1v) is 13.1. The van der Waals surface area contributed by atoms with E-state index in [1.807, 2.05) is 25.1 Å². The number of aliphatic hydroxyl groups excluding tert-OH is 1. The van der Waals surface area contributed by atoms with Crippen molar-refractivity contribution in [3.05, 3.63) is 69.7 Å². The molecule has 2 aromatic carbocycles. The van der Waals surface area contributed by atoms with Crippen molar-refractivity contribution in [1.29, 1.82) is 0 Å². The fraction of sp³-hybridized carbons (Fsp3) is 0.552. The Morgan fingerprint density at radius 2 is 1.86 bits per heavy atom. The Kier molecular flexibility index (Phi) is 10.2. The van der Waals surface area contributed by atoms with Gasteiger partial charge in [-0.3, -0.25) is 4.79 Å². The highest BCUT2D eigenvalue weighted by atomic mass is 35.5. The van der Waals surface area contributed by atoms with E-state index in [-0.39, 0.29) is 24.2 Å². The molecule has 0 fully saturated rings. The number of nitrogens with one attached hydrogen (secondary N) is 1. The normalized spacial score (nSPS) is 15.6. The number of carbonyl (C=O) groups is 1. The predicted molar refractivity (Wildman–Crippen MR) is 141 cm³/mol. The zero-order valence-corrected chi connectivity index (χ0v) is 22.2. The summed E-state index contributed by atoms with van der Waals surface area (Å²) >= 11 is 6.48. The summed E-state index contributed by atoms with van der Waals surface area (Å²) in [7, 11) is 0. The summed E-state index contributed by atoms with van der Waals surface area (Å²) in [6, 6.07) is 14.4. The molecule has 1 aliphatic rings. The molecule has 5 nitrogen and oxygen atoms in total. The van der Waals surface area contributed by atoms with E-state index in [0.29, 0.717) is 36.9 Å². The Hall–Kier alpha value is -1.92. The average Bonchev–Trinajstić information content (AvgIpc) is 3.21. The first kappa shape index (κ1) is 27.7. The maximum absolute atomic E-state index is 11.8. The smallest absolute Gasteiger partial charge is 0.306 e. The Morgan fingerprint density at radius 1 is 1.17 bits per heavy atom. The van der Waals surface area contributed by atoms with Crippen molar-refractivity contribution in [2.45, 2.75) is 77.5 Å². The Labute approximate surface area is 215 Å². The van der Waals surface area contributed by atoms with Crippen LogP contribution in [0.5, 0.6) is 0 Å². The van der Waals surface area contributed by atoms with Gasteiger partial charge in [-0.15, -0.1) is 0 Å². The van der Waals surface area contributed by atoms with E-state index < -0.39 is 6.10 Å². The van der Waals surface area contributed by atoms with Gasteiger partial charge in [-0.25, -0.2) is 0 Å². The van der Waals surface area contributed by atoms with Crippen LogP contribution in [0, 0.1) is 5.92 Å². The molecule has 0 heterocycles. The van der Waals surface area contributed by atoms with Crippen LogP contribution in [0.3, 0.4) is 0 Å². The highest BCUT2D eigenvalue weighted by Gasteiger charge is 2.28. The number of aliphatic hydroxyl groups is 1. The number of hydrogen-bond donors (Lipinski definition) is 2. The van der Waals surface area contributed by atoms with Gasteiger partial charge in [-0.1, -0.05) is 48.0 Å². The number of hydrogen-bond acceptors (Lipinski definition) is 5. The Morgan fingerprint density at radius 3 is 2.51 bits per heavy atom. The van der Waals surface area contributed by atoms with Gasteiger partial charge in [0.25, 0.3) is 0 Å². The standard InChI is InChI=1S/C29H40ClNO4/c1-5-34-27(33)14-13-22-11-8-12-26(30)28(22)20(2)35-19-25(32)18-31-29(3,4)17-21-15-23-9-6-7-10-24(23)16-21/h6-12,20-21,25,31-32H,5,13-19H2,1-4H3/t20?,25-/m1/s1. The van der Waals surface area contributed by atoms with Crippen molar-refractivity contribution in [3.8, 4) is 0 Å². The zero-order chi connectivity index (χ0) is 25.4. The monoisotopic (exact) mass is 501 g/mol. The van der Waals surface area contributed by atoms with Crippen LogP contribution >= 0.6 is 11.6 Å². The molecule has 35 heavy (non-hydrogen) atoms. The molecule has 0 saturated carbocycles. The van der Waals surface area contributed by atoms with Crippen LogP contribution in [-0.4, -0.2) is 42.5 Å². The van der Waals surface area contributed by atoms with Crippen LogP contribution in [0.15, 0.2) is 42.5 Å². The lowest BCUT2D eigenvalue weighted by Gasteiger charge is -2.31. The summed E-state index contributed by atoms with van der Waals surface area (Å²) in [5, 5.41) is 14.7. The number of benzene rings is 2. The SMILES string of the molecule is CCOC(=O)CCc1cccc(Cl)c1C(C)OC[C@H](O)CNC(C)(C)CC1Cc2ccccc2C1. The summed E-state index contributed by atoms with van der Waals surface area (Å²) < 4.78 is 11.1. The van der Waals surface area contributed by atoms with Gasteiger partial charge >= 0.3 is 5.97 Å². The number of aryl methyl sites for hydroxylation is 1. The Balaban J connectivity index is 1.46. The third-order valence-electron chi connectivity index (χ3n) is 6.74. The summed E-state index contributed by atoms with van der Waals surface area (Å²) in [5.74, 6) is 0.397. The summed E-state index contributed by atoms with van der Waals surface area (Å²) in [6.07, 6.45) is 3.19. The molecule has 0 aromatic heterocycles. The fourth-order valence-corrected chi connectivity index (χ4v) is 5.45. The quantitative estimate of drug-likeness (QED) is 0.357. The molecule has 2 atom stereocenters. The van der Waals surface area contributed by atoms with Crippen molar-refractivity contribution >= 4 is 17.6 Å². The van der Waals surface area contributed by atoms with Gasteiger partial charge in [0.05, 0.1) is 25.4 Å². The number of ether oxygens (including phenoxy) is 2. The van der Waals surface area contributed by atoms with Gasteiger partial charge in [0.1, 0.15) is 0 Å². The van der Waals surface area contributed by atoms with Crippen molar-refractivity contribution in [2.24, 2.45) is 5.92 Å². The highest BCUT2D eigenvalue weighted by molar-refractivity contribution is 6.31. The summed E-state index contributed by atoms with van der Waals surface area (Å²) in [6.45, 7) is 9.15. The van der Waals surface area contributed by atoms with Gasteiger partial charge in [0.2, 0.25) is 0 Å². The van der Waals surface area contributed by atoms with Gasteiger partial charge in [0.15, 0.2) is 0 Å². The number of halogens is 1. The van der Waals surface area contributed by atoms with Crippen LogP contribution in [0.1, 0.15) is 68.9 Å². The molecule has 3 rings (SSSR count). The maximum Gasteiger partial charge on any atom is 0.306 e. The molecule has 0 bridgehead atoms. The predicted octanol–water partition coefficient (Wildman–Crippen LogP) is 5.45. The van der Waals surface area contributed by atoms with E-state index >= 15 is 0 Å². The summed E-state index contributed by atoms with van der Waals surface area (Å²) in [5.41, 5.74) is 4.68. The minimum atomic E-state index is -0.636. The molecule has 1 aliphatic carbocycles. The topological polar surface area (TPSA) is 67.8 Å². The molecule has 0 aliphatic heterocycles. The lowest BCUT2D eigenvalue weighted by Crippen LogP contribution is -2.45. The third kappa shape index (κ3) is 8.32. The maximum atomic E-state index is 11.8. The van der Waals surface area contributed by atoms with E-state index in [4.69, 9.17) is 21.1 Å².